The molecule has 0 aromatic carbocycles. The summed E-state index contributed by atoms with van der Waals surface area (Å²) in [6, 6.07) is 0. The number of nitrogens with one attached hydrogen (secondary N) is 1. The van der Waals surface area contributed by atoms with Crippen LogP contribution >= 0.6 is 12.2 Å². The van der Waals surface area contributed by atoms with Crippen molar-refractivity contribution in [2.75, 3.05) is 0 Å². The van der Waals surface area contributed by atoms with Gasteiger partial charge in [0.05, 0.1) is 0 Å². The van der Waals surface area contributed by atoms with Crippen molar-refractivity contribution in [3.05, 3.63) is 0 Å². The Balaban J connectivity index is 3.26. The largest absolute Gasteiger partial charge is 0.376 e. The Hall–Kier alpha value is -0.640. The molecular weight excluding hydrogens is 172 g/mol. The zero-order valence-electron chi connectivity index (χ0n) is 7.43. The van der Waals surface area contributed by atoms with Gasteiger partial charge in [0.15, 0.2) is 5.11 Å². The predicted octanol–water partition coefficient (Wildman–Crippen LogP) is 1.32. The average molecular weight is 188 g/mol. The molecule has 0 saturated carbocycles. The monoisotopic (exact) mass is 188 g/mol. The van der Waals surface area contributed by atoms with Gasteiger partial charge in [-0.3, -0.25) is 4.79 Å². The van der Waals surface area contributed by atoms with Gasteiger partial charge in [-0.1, -0.05) is 26.2 Å². The fraction of sp³-hybridized carbons (Fsp3) is 0.750. The number of rotatable bonds is 5. The minimum Gasteiger partial charge on any atom is -0.376 e. The Kier molecular flexibility index (Phi) is 6.66. The summed E-state index contributed by atoms with van der Waals surface area (Å²) in [5.74, 6) is -0.0707. The highest BCUT2D eigenvalue weighted by atomic mass is 32.1. The summed E-state index contributed by atoms with van der Waals surface area (Å²) < 4.78 is 0. The van der Waals surface area contributed by atoms with Gasteiger partial charge in [-0.05, 0) is 18.6 Å². The predicted molar refractivity (Wildman–Crippen MR) is 53.7 cm³/mol. The van der Waals surface area contributed by atoms with Gasteiger partial charge >= 0.3 is 0 Å². The normalized spacial score (nSPS) is 9.42. The van der Waals surface area contributed by atoms with Crippen LogP contribution in [0, 0.1) is 0 Å². The number of hydrogen-bond donors (Lipinski definition) is 2. The van der Waals surface area contributed by atoms with Crippen molar-refractivity contribution in [3.63, 3.8) is 0 Å². The maximum absolute atomic E-state index is 10.9. The van der Waals surface area contributed by atoms with Crippen LogP contribution in [0.3, 0.4) is 0 Å². The van der Waals surface area contributed by atoms with E-state index in [2.05, 4.69) is 24.5 Å². The molecule has 0 heterocycles. The van der Waals surface area contributed by atoms with Crippen molar-refractivity contribution in [1.82, 2.24) is 5.32 Å². The summed E-state index contributed by atoms with van der Waals surface area (Å²) in [4.78, 5) is 10.9. The van der Waals surface area contributed by atoms with Crippen LogP contribution in [-0.4, -0.2) is 11.0 Å². The highest BCUT2D eigenvalue weighted by molar-refractivity contribution is 7.80. The summed E-state index contributed by atoms with van der Waals surface area (Å²) in [5.41, 5.74) is 5.12. The molecule has 12 heavy (non-hydrogen) atoms. The number of nitrogens with two attached hydrogens (primary N) is 1. The second-order valence-electron chi connectivity index (χ2n) is 2.72. The first-order valence-electron chi connectivity index (χ1n) is 4.26. The molecule has 3 N–H and O–H groups in total. The van der Waals surface area contributed by atoms with Crippen molar-refractivity contribution < 1.29 is 4.79 Å². The minimum atomic E-state index is -0.0707. The maximum Gasteiger partial charge on any atom is 0.226 e. The van der Waals surface area contributed by atoms with Crippen LogP contribution in [0.5, 0.6) is 0 Å². The molecule has 4 heteroatoms. The van der Waals surface area contributed by atoms with Crippen LogP contribution in [0.2, 0.25) is 0 Å². The molecule has 0 fully saturated rings. The van der Waals surface area contributed by atoms with Gasteiger partial charge < -0.3 is 11.1 Å². The standard InChI is InChI=1S/C8H16N2OS/c1-2-3-4-5-6-7(11)10-8(9)12/h2-6H2,1H3,(H3,9,10,11,12). The summed E-state index contributed by atoms with van der Waals surface area (Å²) in [6.07, 6.45) is 4.90. The molecule has 0 unspecified atom stereocenters. The third kappa shape index (κ3) is 7.47. The van der Waals surface area contributed by atoms with Gasteiger partial charge in [-0.2, -0.15) is 0 Å². The fourth-order valence-electron chi connectivity index (χ4n) is 0.912. The topological polar surface area (TPSA) is 55.1 Å². The van der Waals surface area contributed by atoms with E-state index in [0.29, 0.717) is 6.42 Å². The van der Waals surface area contributed by atoms with Crippen LogP contribution in [0.15, 0.2) is 0 Å². The van der Waals surface area contributed by atoms with Crippen LogP contribution in [0.1, 0.15) is 39.0 Å². The number of carbonyl (C=O) groups excluding carboxylic acids is 1. The first-order chi connectivity index (χ1) is 5.66. The molecule has 0 aliphatic carbocycles. The molecule has 70 valence electrons. The Morgan fingerprint density at radius 1 is 1.42 bits per heavy atom. The summed E-state index contributed by atoms with van der Waals surface area (Å²) in [6.45, 7) is 2.13. The summed E-state index contributed by atoms with van der Waals surface area (Å²) in [5, 5.41) is 2.46. The first-order valence-corrected chi connectivity index (χ1v) is 4.67. The molecule has 0 atom stereocenters. The molecule has 0 radical (unpaired) electrons. The second-order valence-corrected chi connectivity index (χ2v) is 3.16. The average Bonchev–Trinajstić information content (AvgIpc) is 1.97. The van der Waals surface area contributed by atoms with Crippen molar-refractivity contribution in [2.45, 2.75) is 39.0 Å². The van der Waals surface area contributed by atoms with Crippen LogP contribution < -0.4 is 11.1 Å². The van der Waals surface area contributed by atoms with E-state index >= 15 is 0 Å². The molecular formula is C8H16N2OS. The third-order valence-electron chi connectivity index (χ3n) is 1.52. The minimum absolute atomic E-state index is 0.0653. The van der Waals surface area contributed by atoms with Gasteiger partial charge in [0.1, 0.15) is 0 Å². The maximum atomic E-state index is 10.9. The Morgan fingerprint density at radius 2 is 2.08 bits per heavy atom. The molecule has 1 amide bonds. The second kappa shape index (κ2) is 7.03. The van der Waals surface area contributed by atoms with E-state index in [4.69, 9.17) is 5.73 Å². The zero-order valence-corrected chi connectivity index (χ0v) is 8.25. The lowest BCUT2D eigenvalue weighted by atomic mass is 10.1. The number of amides is 1. The van der Waals surface area contributed by atoms with Crippen LogP contribution in [-0.2, 0) is 4.79 Å². The lowest BCUT2D eigenvalue weighted by Gasteiger charge is -2.01. The number of hydrogen-bond acceptors (Lipinski definition) is 2. The van der Waals surface area contributed by atoms with E-state index < -0.39 is 0 Å². The van der Waals surface area contributed by atoms with E-state index in [-0.39, 0.29) is 11.0 Å². The molecule has 0 bridgehead atoms. The first kappa shape index (κ1) is 11.4. The molecule has 0 aromatic heterocycles. The van der Waals surface area contributed by atoms with E-state index in [1.54, 1.807) is 0 Å². The van der Waals surface area contributed by atoms with E-state index in [1.807, 2.05) is 0 Å². The smallest absolute Gasteiger partial charge is 0.226 e. The lowest BCUT2D eigenvalue weighted by Crippen LogP contribution is -2.34. The van der Waals surface area contributed by atoms with Crippen molar-refractivity contribution in [2.24, 2.45) is 5.73 Å². The van der Waals surface area contributed by atoms with Gasteiger partial charge in [-0.25, -0.2) is 0 Å². The van der Waals surface area contributed by atoms with Crippen molar-refractivity contribution >= 4 is 23.2 Å². The molecule has 3 nitrogen and oxygen atoms in total. The van der Waals surface area contributed by atoms with E-state index in [1.165, 1.54) is 12.8 Å². The highest BCUT2D eigenvalue weighted by Crippen LogP contribution is 2.01. The van der Waals surface area contributed by atoms with Crippen molar-refractivity contribution in [1.29, 1.82) is 0 Å². The van der Waals surface area contributed by atoms with Crippen LogP contribution in [0.25, 0.3) is 0 Å². The third-order valence-corrected chi connectivity index (χ3v) is 1.62. The van der Waals surface area contributed by atoms with Gasteiger partial charge in [0.2, 0.25) is 5.91 Å². The molecule has 0 aromatic rings. The Morgan fingerprint density at radius 3 is 2.58 bits per heavy atom. The molecule has 0 saturated heterocycles. The molecule has 0 aliphatic heterocycles. The lowest BCUT2D eigenvalue weighted by molar-refractivity contribution is -0.119. The molecule has 0 aliphatic rings. The molecule has 0 rings (SSSR count). The Bertz CT molecular complexity index is 159. The summed E-state index contributed by atoms with van der Waals surface area (Å²) >= 11 is 4.52. The van der Waals surface area contributed by atoms with Crippen molar-refractivity contribution in [3.8, 4) is 0 Å². The van der Waals surface area contributed by atoms with Gasteiger partial charge in [0, 0.05) is 6.42 Å². The fourth-order valence-corrected chi connectivity index (χ4v) is 1.03. The highest BCUT2D eigenvalue weighted by Gasteiger charge is 2.00. The number of carbonyl (C=O) groups is 1. The zero-order chi connectivity index (χ0) is 9.40. The number of thiocarbonyl (C=S) groups is 1. The van der Waals surface area contributed by atoms with Crippen LogP contribution in [0.4, 0.5) is 0 Å². The SMILES string of the molecule is CCCCCCC(=O)NC(N)=S. The van der Waals surface area contributed by atoms with E-state index in [0.717, 1.165) is 12.8 Å². The summed E-state index contributed by atoms with van der Waals surface area (Å²) in [7, 11) is 0. The van der Waals surface area contributed by atoms with Gasteiger partial charge in [-0.15, -0.1) is 0 Å². The van der Waals surface area contributed by atoms with E-state index in [9.17, 15) is 4.79 Å². The Labute approximate surface area is 78.7 Å². The quantitative estimate of drug-likeness (QED) is 0.505. The molecule has 0 spiro atoms. The van der Waals surface area contributed by atoms with Gasteiger partial charge in [0.25, 0.3) is 0 Å². The number of unbranched alkanes of at least 4 members (excludes halogenated alkanes) is 3.